The number of nitrogens with zero attached hydrogens (tertiary/aromatic N) is 1. The molecule has 4 nitrogen and oxygen atoms in total. The van der Waals surface area contributed by atoms with E-state index in [4.69, 9.17) is 0 Å². The Bertz CT molecular complexity index is 1290. The molecule has 3 atom stereocenters. The first kappa shape index (κ1) is 23.5. The third-order valence-corrected chi connectivity index (χ3v) is 9.18. The van der Waals surface area contributed by atoms with Crippen molar-refractivity contribution in [3.63, 3.8) is 0 Å². The van der Waals surface area contributed by atoms with Crippen molar-refractivity contribution in [1.82, 2.24) is 4.31 Å². The summed E-state index contributed by atoms with van der Waals surface area (Å²) < 4.78 is 111. The Morgan fingerprint density at radius 1 is 0.758 bits per heavy atom. The van der Waals surface area contributed by atoms with Crippen LogP contribution in [0.3, 0.4) is 0 Å². The molecule has 0 spiro atoms. The fourth-order valence-electron chi connectivity index (χ4n) is 3.94. The molecule has 11 heteroatoms. The summed E-state index contributed by atoms with van der Waals surface area (Å²) in [5, 5.41) is -1.61. The van der Waals surface area contributed by atoms with Crippen molar-refractivity contribution in [3.8, 4) is 0 Å². The molecule has 0 aliphatic carbocycles. The first-order chi connectivity index (χ1) is 15.7. The number of rotatable bonds is 5. The zero-order chi connectivity index (χ0) is 23.9. The molecule has 3 aromatic carbocycles. The Balaban J connectivity index is 1.86. The van der Waals surface area contributed by atoms with E-state index in [1.165, 1.54) is 4.31 Å². The summed E-state index contributed by atoms with van der Waals surface area (Å²) in [6, 6.07) is 14.9. The first-order valence-electron chi connectivity index (χ1n) is 9.70. The van der Waals surface area contributed by atoms with Crippen LogP contribution in [0.5, 0.6) is 0 Å². The van der Waals surface area contributed by atoms with E-state index in [1.807, 2.05) is 0 Å². The summed E-state index contributed by atoms with van der Waals surface area (Å²) in [5.74, 6) is -12.0. The van der Waals surface area contributed by atoms with Crippen LogP contribution in [0.4, 0.5) is 22.0 Å². The van der Waals surface area contributed by atoms with Gasteiger partial charge in [-0.1, -0.05) is 48.5 Å². The van der Waals surface area contributed by atoms with Crippen molar-refractivity contribution < 1.29 is 34.6 Å². The number of halogens is 5. The van der Waals surface area contributed by atoms with Gasteiger partial charge in [0, 0.05) is 6.54 Å². The van der Waals surface area contributed by atoms with Crippen LogP contribution in [0.2, 0.25) is 0 Å². The van der Waals surface area contributed by atoms with Gasteiger partial charge < -0.3 is 0 Å². The highest BCUT2D eigenvalue weighted by atomic mass is 32.2. The molecule has 3 aromatic rings. The third kappa shape index (κ3) is 3.98. The maximum absolute atomic E-state index is 14.4. The smallest absolute Gasteiger partial charge is 0.200 e. The Kier molecular flexibility index (Phi) is 6.39. The Morgan fingerprint density at radius 3 is 1.79 bits per heavy atom. The molecule has 4 rings (SSSR count). The van der Waals surface area contributed by atoms with Gasteiger partial charge in [0.05, 0.1) is 16.2 Å². The van der Waals surface area contributed by atoms with E-state index in [9.17, 15) is 34.6 Å². The maximum Gasteiger partial charge on any atom is 0.200 e. The van der Waals surface area contributed by atoms with Gasteiger partial charge in [-0.05, 0) is 24.1 Å². The molecule has 1 heterocycles. The molecule has 174 valence electrons. The lowest BCUT2D eigenvalue weighted by atomic mass is 10.1. The van der Waals surface area contributed by atoms with Crippen LogP contribution in [0.1, 0.15) is 18.0 Å². The van der Waals surface area contributed by atoms with Gasteiger partial charge in [0.2, 0.25) is 5.82 Å². The average Bonchev–Trinajstić information content (AvgIpc) is 3.28. The number of hydrogen-bond acceptors (Lipinski definition) is 3. The molecule has 0 N–H and O–H groups in total. The number of sulfone groups is 1. The van der Waals surface area contributed by atoms with E-state index in [0.717, 1.165) is 0 Å². The monoisotopic (exact) mass is 501 g/mol. The fraction of sp³-hybridized carbons (Fsp3) is 0.182. The minimum atomic E-state index is -5.08. The van der Waals surface area contributed by atoms with Crippen LogP contribution in [-0.2, 0) is 20.8 Å². The lowest BCUT2D eigenvalue weighted by molar-refractivity contribution is 0.356. The molecule has 1 fully saturated rings. The molecular formula is C22H16F5NO3S2. The van der Waals surface area contributed by atoms with Gasteiger partial charge in [-0.15, -0.1) is 0 Å². The summed E-state index contributed by atoms with van der Waals surface area (Å²) in [6.45, 7) is -0.0552. The normalized spacial score (nSPS) is 20.2. The van der Waals surface area contributed by atoms with Gasteiger partial charge in [-0.3, -0.25) is 0 Å². The largest absolute Gasteiger partial charge is 0.237 e. The van der Waals surface area contributed by atoms with Gasteiger partial charge >= 0.3 is 0 Å². The summed E-state index contributed by atoms with van der Waals surface area (Å²) in [6.07, 6.45) is -0.236. The molecule has 0 radical (unpaired) electrons. The summed E-state index contributed by atoms with van der Waals surface area (Å²) in [5.41, 5.74) is 0.372. The van der Waals surface area contributed by atoms with Gasteiger partial charge in [0.15, 0.2) is 33.1 Å². The van der Waals surface area contributed by atoms with Crippen LogP contribution in [0, 0.1) is 29.1 Å². The Hall–Kier alpha value is -2.63. The van der Waals surface area contributed by atoms with Crippen LogP contribution < -0.4 is 0 Å². The van der Waals surface area contributed by atoms with Gasteiger partial charge in [-0.2, -0.15) is 0 Å². The first-order valence-corrected chi connectivity index (χ1v) is 12.4. The van der Waals surface area contributed by atoms with E-state index in [0.29, 0.717) is 10.5 Å². The highest BCUT2D eigenvalue weighted by molar-refractivity contribution is 7.92. The van der Waals surface area contributed by atoms with Crippen LogP contribution >= 0.6 is 0 Å². The molecule has 1 aliphatic heterocycles. The Labute approximate surface area is 189 Å². The number of hydrogen-bond donors (Lipinski definition) is 0. The van der Waals surface area contributed by atoms with Crippen molar-refractivity contribution in [3.05, 3.63) is 95.3 Å². The van der Waals surface area contributed by atoms with E-state index in [1.54, 1.807) is 60.7 Å². The summed E-state index contributed by atoms with van der Waals surface area (Å²) in [4.78, 5) is -1.51. The van der Waals surface area contributed by atoms with Crippen LogP contribution in [0.25, 0.3) is 0 Å². The van der Waals surface area contributed by atoms with Gasteiger partial charge in [-0.25, -0.2) is 38.9 Å². The van der Waals surface area contributed by atoms with Crippen molar-refractivity contribution in [2.24, 2.45) is 0 Å². The zero-order valence-electron chi connectivity index (χ0n) is 16.7. The molecule has 0 aromatic heterocycles. The highest BCUT2D eigenvalue weighted by Crippen LogP contribution is 2.42. The lowest BCUT2D eigenvalue weighted by Gasteiger charge is -2.27. The molecular weight excluding hydrogens is 485 g/mol. The van der Waals surface area contributed by atoms with Crippen molar-refractivity contribution in [1.29, 1.82) is 0 Å². The average molecular weight is 501 g/mol. The standard InChI is InChI=1S/C22H16F5NO3S2/c23-16-17(24)19(26)22(20(27)18(16)25)33(30,31)15-11-12-28(21(15)13-7-3-1-4-8-13)32(29)14-9-5-2-6-10-14/h1-10,15,21H,11-12H2/t15-,21+,32?/m0/s1. The summed E-state index contributed by atoms with van der Waals surface area (Å²) in [7, 11) is -6.93. The molecule has 1 unspecified atom stereocenters. The molecule has 33 heavy (non-hydrogen) atoms. The quantitative estimate of drug-likeness (QED) is 0.221. The van der Waals surface area contributed by atoms with Crippen LogP contribution in [0.15, 0.2) is 70.5 Å². The minimum Gasteiger partial charge on any atom is -0.237 e. The van der Waals surface area contributed by atoms with Crippen LogP contribution in [-0.4, -0.2) is 28.7 Å². The van der Waals surface area contributed by atoms with Crippen molar-refractivity contribution >= 4 is 20.8 Å². The molecule has 0 saturated carbocycles. The van der Waals surface area contributed by atoms with E-state index >= 15 is 0 Å². The van der Waals surface area contributed by atoms with Gasteiger partial charge in [0.1, 0.15) is 15.9 Å². The lowest BCUT2D eigenvalue weighted by Crippen LogP contribution is -2.34. The zero-order valence-corrected chi connectivity index (χ0v) is 18.4. The molecule has 1 saturated heterocycles. The fourth-order valence-corrected chi connectivity index (χ4v) is 7.46. The predicted molar refractivity (Wildman–Crippen MR) is 111 cm³/mol. The molecule has 0 amide bonds. The highest BCUT2D eigenvalue weighted by Gasteiger charge is 2.49. The topological polar surface area (TPSA) is 54.5 Å². The third-order valence-electron chi connectivity index (χ3n) is 5.45. The number of benzene rings is 3. The predicted octanol–water partition coefficient (Wildman–Crippen LogP) is 4.69. The van der Waals surface area contributed by atoms with Crippen molar-refractivity contribution in [2.75, 3.05) is 6.54 Å². The minimum absolute atomic E-state index is 0.0552. The van der Waals surface area contributed by atoms with Crippen molar-refractivity contribution in [2.45, 2.75) is 27.5 Å². The second-order valence-electron chi connectivity index (χ2n) is 7.33. The second kappa shape index (κ2) is 8.96. The summed E-state index contributed by atoms with van der Waals surface area (Å²) >= 11 is 0. The molecule has 1 aliphatic rings. The maximum atomic E-state index is 14.4. The SMILES string of the molecule is O=S(c1ccccc1)N1CC[C@H](S(=O)(=O)c2c(F)c(F)c(F)c(F)c2F)[C@H]1c1ccccc1. The molecule has 0 bridgehead atoms. The van der Waals surface area contributed by atoms with Gasteiger partial charge in [0.25, 0.3) is 0 Å². The second-order valence-corrected chi connectivity index (χ2v) is 10.9. The Morgan fingerprint density at radius 2 is 1.24 bits per heavy atom. The van der Waals surface area contributed by atoms with E-state index < -0.39 is 66.1 Å². The van der Waals surface area contributed by atoms with E-state index in [2.05, 4.69) is 0 Å². The van der Waals surface area contributed by atoms with E-state index in [-0.39, 0.29) is 13.0 Å².